The normalized spacial score (nSPS) is 12.1. The van der Waals surface area contributed by atoms with Crippen LogP contribution in [0.4, 0.5) is 0 Å². The molecule has 0 spiro atoms. The van der Waals surface area contributed by atoms with E-state index in [1.807, 2.05) is 13.0 Å². The molecule has 0 saturated carbocycles. The molecule has 0 bridgehead atoms. The SMILES string of the molecule is CCON(Cc1ccccc1)C[Si](C)(C)C. The first-order valence-corrected chi connectivity index (χ1v) is 9.64. The first-order valence-electron chi connectivity index (χ1n) is 5.93. The minimum Gasteiger partial charge on any atom is -0.299 e. The van der Waals surface area contributed by atoms with Gasteiger partial charge in [-0.05, 0) is 12.5 Å². The molecule has 90 valence electrons. The van der Waals surface area contributed by atoms with Crippen molar-refractivity contribution < 1.29 is 4.84 Å². The standard InChI is InChI=1S/C13H23NOSi/c1-5-15-14(12-16(2,3)4)11-13-9-7-6-8-10-13/h6-10H,5,11-12H2,1-4H3. The van der Waals surface area contributed by atoms with Gasteiger partial charge in [-0.2, -0.15) is 5.06 Å². The van der Waals surface area contributed by atoms with E-state index in [1.165, 1.54) is 5.56 Å². The van der Waals surface area contributed by atoms with Crippen LogP contribution in [0.25, 0.3) is 0 Å². The van der Waals surface area contributed by atoms with Gasteiger partial charge in [0.05, 0.1) is 14.7 Å². The van der Waals surface area contributed by atoms with Crippen molar-refractivity contribution in [2.24, 2.45) is 0 Å². The zero-order chi connectivity index (χ0) is 12.0. The van der Waals surface area contributed by atoms with Gasteiger partial charge in [0.2, 0.25) is 0 Å². The first kappa shape index (κ1) is 13.4. The molecular formula is C13H23NOSi. The molecule has 0 heterocycles. The average Bonchev–Trinajstić information content (AvgIpc) is 2.17. The predicted octanol–water partition coefficient (Wildman–Crippen LogP) is 3.32. The fraction of sp³-hybridized carbons (Fsp3) is 0.538. The van der Waals surface area contributed by atoms with Crippen molar-refractivity contribution in [3.63, 3.8) is 0 Å². The third kappa shape index (κ3) is 5.44. The molecule has 2 nitrogen and oxygen atoms in total. The molecule has 0 unspecified atom stereocenters. The van der Waals surface area contributed by atoms with Gasteiger partial charge in [0, 0.05) is 12.7 Å². The lowest BCUT2D eigenvalue weighted by Gasteiger charge is -2.27. The first-order chi connectivity index (χ1) is 7.51. The molecule has 0 aliphatic carbocycles. The molecule has 0 aliphatic rings. The second-order valence-electron chi connectivity index (χ2n) is 5.26. The van der Waals surface area contributed by atoms with Gasteiger partial charge < -0.3 is 0 Å². The van der Waals surface area contributed by atoms with Crippen molar-refractivity contribution in [2.75, 3.05) is 12.8 Å². The summed E-state index contributed by atoms with van der Waals surface area (Å²) < 4.78 is 0. The van der Waals surface area contributed by atoms with Crippen LogP contribution in [0.15, 0.2) is 30.3 Å². The van der Waals surface area contributed by atoms with Crippen molar-refractivity contribution in [1.82, 2.24) is 5.06 Å². The molecular weight excluding hydrogens is 214 g/mol. The Labute approximate surface area is 100 Å². The molecule has 1 aromatic carbocycles. The van der Waals surface area contributed by atoms with E-state index in [9.17, 15) is 0 Å². The zero-order valence-corrected chi connectivity index (χ0v) is 11.9. The molecule has 0 atom stereocenters. The highest BCUT2D eigenvalue weighted by Gasteiger charge is 2.18. The van der Waals surface area contributed by atoms with Crippen molar-refractivity contribution >= 4 is 8.07 Å². The topological polar surface area (TPSA) is 12.5 Å². The lowest BCUT2D eigenvalue weighted by Crippen LogP contribution is -2.39. The summed E-state index contributed by atoms with van der Waals surface area (Å²) in [5, 5.41) is 2.11. The van der Waals surface area contributed by atoms with Crippen LogP contribution in [0.5, 0.6) is 0 Å². The maximum atomic E-state index is 5.69. The molecule has 1 aromatic rings. The summed E-state index contributed by atoms with van der Waals surface area (Å²) in [6.07, 6.45) is 1.08. The summed E-state index contributed by atoms with van der Waals surface area (Å²) in [7, 11) is -1.11. The Morgan fingerprint density at radius 2 is 1.75 bits per heavy atom. The van der Waals surface area contributed by atoms with E-state index in [-0.39, 0.29) is 0 Å². The van der Waals surface area contributed by atoms with Crippen LogP contribution in [0, 0.1) is 0 Å². The van der Waals surface area contributed by atoms with Gasteiger partial charge in [-0.1, -0.05) is 50.0 Å². The quantitative estimate of drug-likeness (QED) is 0.556. The minimum absolute atomic E-state index is 0.747. The number of hydrogen-bond donors (Lipinski definition) is 0. The smallest absolute Gasteiger partial charge is 0.0656 e. The Hall–Kier alpha value is -0.643. The molecule has 0 N–H and O–H groups in total. The predicted molar refractivity (Wildman–Crippen MR) is 71.8 cm³/mol. The molecule has 1 rings (SSSR count). The van der Waals surface area contributed by atoms with Crippen molar-refractivity contribution in [3.05, 3.63) is 35.9 Å². The van der Waals surface area contributed by atoms with Gasteiger partial charge in [0.15, 0.2) is 0 Å². The number of hydroxylamine groups is 2. The summed E-state index contributed by atoms with van der Waals surface area (Å²) in [4.78, 5) is 5.69. The summed E-state index contributed by atoms with van der Waals surface area (Å²) >= 11 is 0. The van der Waals surface area contributed by atoms with E-state index in [2.05, 4.69) is 49.0 Å². The summed E-state index contributed by atoms with van der Waals surface area (Å²) in [6.45, 7) is 10.8. The van der Waals surface area contributed by atoms with Crippen molar-refractivity contribution in [3.8, 4) is 0 Å². The summed E-state index contributed by atoms with van der Waals surface area (Å²) in [5.41, 5.74) is 1.31. The van der Waals surface area contributed by atoms with Crippen LogP contribution in [0.2, 0.25) is 19.6 Å². The van der Waals surface area contributed by atoms with E-state index < -0.39 is 8.07 Å². The van der Waals surface area contributed by atoms with E-state index in [0.717, 1.165) is 19.3 Å². The average molecular weight is 237 g/mol. The number of benzene rings is 1. The summed E-state index contributed by atoms with van der Waals surface area (Å²) in [5.74, 6) is 0. The third-order valence-electron chi connectivity index (χ3n) is 2.16. The van der Waals surface area contributed by atoms with E-state index in [1.54, 1.807) is 0 Å². The Morgan fingerprint density at radius 1 is 1.12 bits per heavy atom. The highest BCUT2D eigenvalue weighted by Crippen LogP contribution is 2.10. The Kier molecular flexibility index (Phi) is 5.18. The van der Waals surface area contributed by atoms with Crippen LogP contribution < -0.4 is 0 Å². The van der Waals surface area contributed by atoms with Gasteiger partial charge >= 0.3 is 0 Å². The van der Waals surface area contributed by atoms with Crippen LogP contribution in [0.1, 0.15) is 12.5 Å². The fourth-order valence-corrected chi connectivity index (χ4v) is 2.91. The van der Waals surface area contributed by atoms with E-state index in [0.29, 0.717) is 0 Å². The van der Waals surface area contributed by atoms with Crippen LogP contribution in [0.3, 0.4) is 0 Å². The fourth-order valence-electron chi connectivity index (χ4n) is 1.65. The van der Waals surface area contributed by atoms with Crippen molar-refractivity contribution in [2.45, 2.75) is 33.1 Å². The lowest BCUT2D eigenvalue weighted by molar-refractivity contribution is -0.150. The number of nitrogens with zero attached hydrogens (tertiary/aromatic N) is 1. The number of hydrogen-bond acceptors (Lipinski definition) is 2. The lowest BCUT2D eigenvalue weighted by atomic mass is 10.2. The molecule has 0 saturated heterocycles. The second-order valence-corrected chi connectivity index (χ2v) is 10.7. The molecule has 0 amide bonds. The molecule has 0 fully saturated rings. The maximum absolute atomic E-state index is 5.69. The monoisotopic (exact) mass is 237 g/mol. The maximum Gasteiger partial charge on any atom is 0.0656 e. The molecule has 3 heteroatoms. The second kappa shape index (κ2) is 6.18. The Balaban J connectivity index is 2.58. The largest absolute Gasteiger partial charge is 0.299 e. The van der Waals surface area contributed by atoms with Crippen LogP contribution in [-0.4, -0.2) is 25.9 Å². The molecule has 0 aliphatic heterocycles. The van der Waals surface area contributed by atoms with Crippen molar-refractivity contribution in [1.29, 1.82) is 0 Å². The van der Waals surface area contributed by atoms with Gasteiger partial charge in [0.1, 0.15) is 0 Å². The minimum atomic E-state index is -1.11. The van der Waals surface area contributed by atoms with Gasteiger partial charge in [-0.25, -0.2) is 0 Å². The summed E-state index contributed by atoms with van der Waals surface area (Å²) in [6, 6.07) is 10.5. The number of rotatable bonds is 6. The molecule has 0 radical (unpaired) electrons. The zero-order valence-electron chi connectivity index (χ0n) is 10.9. The van der Waals surface area contributed by atoms with Gasteiger partial charge in [-0.3, -0.25) is 4.84 Å². The highest BCUT2D eigenvalue weighted by atomic mass is 28.3. The van der Waals surface area contributed by atoms with Crippen LogP contribution >= 0.6 is 0 Å². The van der Waals surface area contributed by atoms with Gasteiger partial charge in [0.25, 0.3) is 0 Å². The van der Waals surface area contributed by atoms with Crippen LogP contribution in [-0.2, 0) is 11.4 Å². The molecule has 16 heavy (non-hydrogen) atoms. The van der Waals surface area contributed by atoms with Gasteiger partial charge in [-0.15, -0.1) is 0 Å². The van der Waals surface area contributed by atoms with E-state index >= 15 is 0 Å². The highest BCUT2D eigenvalue weighted by molar-refractivity contribution is 6.76. The Bertz CT molecular complexity index is 295. The van der Waals surface area contributed by atoms with E-state index in [4.69, 9.17) is 4.84 Å². The Morgan fingerprint density at radius 3 is 2.25 bits per heavy atom. The molecule has 0 aromatic heterocycles. The third-order valence-corrected chi connectivity index (χ3v) is 3.47.